The maximum atomic E-state index is 6.11. The molecule has 0 amide bonds. The van der Waals surface area contributed by atoms with Gasteiger partial charge in [0.1, 0.15) is 0 Å². The van der Waals surface area contributed by atoms with E-state index in [1.807, 2.05) is 13.0 Å². The highest BCUT2D eigenvalue weighted by Crippen LogP contribution is 2.37. The van der Waals surface area contributed by atoms with Crippen LogP contribution in [-0.4, -0.2) is 0 Å². The van der Waals surface area contributed by atoms with Crippen LogP contribution in [0.1, 0.15) is 36.4 Å². The molecule has 14 heavy (non-hydrogen) atoms. The molecule has 1 unspecified atom stereocenters. The lowest BCUT2D eigenvalue weighted by atomic mass is 9.99. The van der Waals surface area contributed by atoms with Crippen molar-refractivity contribution in [2.75, 3.05) is 5.73 Å². The third kappa shape index (κ3) is 2.07. The monoisotopic (exact) mass is 190 g/mol. The molecule has 0 aromatic heterocycles. The predicted molar refractivity (Wildman–Crippen MR) is 59.9 cm³/mol. The molecule has 76 valence electrons. The van der Waals surface area contributed by atoms with E-state index in [0.29, 0.717) is 0 Å². The van der Waals surface area contributed by atoms with Crippen LogP contribution in [0.4, 0.5) is 5.69 Å². The molecule has 1 aromatic rings. The summed E-state index contributed by atoms with van der Waals surface area (Å²) < 4.78 is 0. The minimum absolute atomic E-state index is 0.128. The molecule has 0 aliphatic heterocycles. The number of benzene rings is 1. The third-order valence-corrected chi connectivity index (χ3v) is 2.93. The van der Waals surface area contributed by atoms with Crippen molar-refractivity contribution in [3.63, 3.8) is 0 Å². The Morgan fingerprint density at radius 1 is 1.43 bits per heavy atom. The zero-order chi connectivity index (χ0) is 10.1. The predicted octanol–water partition coefficient (Wildman–Crippen LogP) is 2.38. The largest absolute Gasteiger partial charge is 0.398 e. The number of nitrogens with two attached hydrogens (primary N) is 2. The quantitative estimate of drug-likeness (QED) is 0.719. The van der Waals surface area contributed by atoms with Crippen molar-refractivity contribution in [3.8, 4) is 0 Å². The molecule has 1 aromatic carbocycles. The van der Waals surface area contributed by atoms with Crippen LogP contribution in [0.15, 0.2) is 18.2 Å². The number of anilines is 1. The topological polar surface area (TPSA) is 52.0 Å². The molecule has 0 bridgehead atoms. The van der Waals surface area contributed by atoms with Gasteiger partial charge in [0.25, 0.3) is 0 Å². The number of hydrogen-bond donors (Lipinski definition) is 2. The number of nitrogen functional groups attached to an aromatic ring is 1. The van der Waals surface area contributed by atoms with E-state index in [9.17, 15) is 0 Å². The van der Waals surface area contributed by atoms with E-state index in [1.54, 1.807) is 0 Å². The van der Waals surface area contributed by atoms with E-state index < -0.39 is 0 Å². The highest BCUT2D eigenvalue weighted by molar-refractivity contribution is 5.50. The van der Waals surface area contributed by atoms with Gasteiger partial charge in [0.15, 0.2) is 0 Å². The van der Waals surface area contributed by atoms with Crippen LogP contribution in [0.3, 0.4) is 0 Å². The first-order valence-corrected chi connectivity index (χ1v) is 5.28. The smallest absolute Gasteiger partial charge is 0.0365 e. The van der Waals surface area contributed by atoms with E-state index in [-0.39, 0.29) is 6.04 Å². The summed E-state index contributed by atoms with van der Waals surface area (Å²) in [6, 6.07) is 6.28. The van der Waals surface area contributed by atoms with Crippen LogP contribution in [0.5, 0.6) is 0 Å². The standard InChI is InChI=1S/C12H18N2/c1-8-2-5-10(11(13)6-8)12(14)7-9-3-4-9/h2,5-6,9,12H,3-4,7,13-14H2,1H3. The summed E-state index contributed by atoms with van der Waals surface area (Å²) in [7, 11) is 0. The van der Waals surface area contributed by atoms with Gasteiger partial charge in [-0.05, 0) is 36.5 Å². The summed E-state index contributed by atoms with van der Waals surface area (Å²) in [4.78, 5) is 0. The first-order chi connectivity index (χ1) is 6.66. The molecule has 1 atom stereocenters. The highest BCUT2D eigenvalue weighted by atomic mass is 14.7. The van der Waals surface area contributed by atoms with E-state index in [2.05, 4.69) is 12.1 Å². The SMILES string of the molecule is Cc1ccc(C(N)CC2CC2)c(N)c1. The van der Waals surface area contributed by atoms with Gasteiger partial charge in [-0.1, -0.05) is 25.0 Å². The van der Waals surface area contributed by atoms with Gasteiger partial charge in [-0.3, -0.25) is 0 Å². The van der Waals surface area contributed by atoms with Crippen molar-refractivity contribution in [3.05, 3.63) is 29.3 Å². The second-order valence-electron chi connectivity index (χ2n) is 4.42. The van der Waals surface area contributed by atoms with Gasteiger partial charge >= 0.3 is 0 Å². The summed E-state index contributed by atoms with van der Waals surface area (Å²) >= 11 is 0. The van der Waals surface area contributed by atoms with Crippen LogP contribution in [0, 0.1) is 12.8 Å². The van der Waals surface area contributed by atoms with Gasteiger partial charge in [-0.2, -0.15) is 0 Å². The molecule has 2 rings (SSSR count). The molecule has 0 saturated heterocycles. The molecule has 0 radical (unpaired) electrons. The molecule has 0 heterocycles. The Morgan fingerprint density at radius 2 is 2.14 bits per heavy atom. The lowest BCUT2D eigenvalue weighted by molar-refractivity contribution is 0.598. The van der Waals surface area contributed by atoms with Gasteiger partial charge in [-0.25, -0.2) is 0 Å². The Hall–Kier alpha value is -1.02. The summed E-state index contributed by atoms with van der Waals surface area (Å²) in [6.07, 6.45) is 3.78. The van der Waals surface area contributed by atoms with Gasteiger partial charge in [0.05, 0.1) is 0 Å². The van der Waals surface area contributed by atoms with E-state index >= 15 is 0 Å². The Labute approximate surface area is 85.3 Å². The van der Waals surface area contributed by atoms with Crippen molar-refractivity contribution < 1.29 is 0 Å². The van der Waals surface area contributed by atoms with E-state index in [4.69, 9.17) is 11.5 Å². The lowest BCUT2D eigenvalue weighted by Gasteiger charge is -2.14. The lowest BCUT2D eigenvalue weighted by Crippen LogP contribution is -2.13. The van der Waals surface area contributed by atoms with Gasteiger partial charge < -0.3 is 11.5 Å². The number of aryl methyl sites for hydroxylation is 1. The van der Waals surface area contributed by atoms with Crippen molar-refractivity contribution in [1.82, 2.24) is 0 Å². The van der Waals surface area contributed by atoms with Crippen molar-refractivity contribution >= 4 is 5.69 Å². The summed E-state index contributed by atoms with van der Waals surface area (Å²) in [5.41, 5.74) is 15.2. The average molecular weight is 190 g/mol. The minimum atomic E-state index is 0.128. The van der Waals surface area contributed by atoms with Gasteiger partial charge in [-0.15, -0.1) is 0 Å². The minimum Gasteiger partial charge on any atom is -0.398 e. The fraction of sp³-hybridized carbons (Fsp3) is 0.500. The molecule has 2 heteroatoms. The van der Waals surface area contributed by atoms with Crippen LogP contribution in [0.2, 0.25) is 0 Å². The van der Waals surface area contributed by atoms with E-state index in [0.717, 1.165) is 23.6 Å². The molecular formula is C12H18N2. The molecular weight excluding hydrogens is 172 g/mol. The molecule has 1 saturated carbocycles. The Morgan fingerprint density at radius 3 is 2.71 bits per heavy atom. The molecule has 4 N–H and O–H groups in total. The summed E-state index contributed by atoms with van der Waals surface area (Å²) in [5, 5.41) is 0. The Kier molecular flexibility index (Phi) is 2.46. The molecule has 2 nitrogen and oxygen atoms in total. The Bertz CT molecular complexity index is 329. The van der Waals surface area contributed by atoms with Crippen LogP contribution < -0.4 is 11.5 Å². The number of hydrogen-bond acceptors (Lipinski definition) is 2. The zero-order valence-corrected chi connectivity index (χ0v) is 8.66. The summed E-state index contributed by atoms with van der Waals surface area (Å²) in [5.74, 6) is 0.853. The fourth-order valence-corrected chi connectivity index (χ4v) is 1.87. The van der Waals surface area contributed by atoms with Crippen LogP contribution in [0.25, 0.3) is 0 Å². The second kappa shape index (κ2) is 3.62. The normalized spacial score (nSPS) is 18.1. The number of rotatable bonds is 3. The summed E-state index contributed by atoms with van der Waals surface area (Å²) in [6.45, 7) is 2.05. The van der Waals surface area contributed by atoms with Crippen molar-refractivity contribution in [2.24, 2.45) is 11.7 Å². The first kappa shape index (κ1) is 9.53. The molecule has 1 aliphatic carbocycles. The average Bonchev–Trinajstić information content (AvgIpc) is 2.87. The van der Waals surface area contributed by atoms with Crippen molar-refractivity contribution in [1.29, 1.82) is 0 Å². The van der Waals surface area contributed by atoms with Gasteiger partial charge in [0.2, 0.25) is 0 Å². The fourth-order valence-electron chi connectivity index (χ4n) is 1.87. The van der Waals surface area contributed by atoms with Crippen LogP contribution >= 0.6 is 0 Å². The van der Waals surface area contributed by atoms with E-state index in [1.165, 1.54) is 18.4 Å². The first-order valence-electron chi connectivity index (χ1n) is 5.28. The maximum absolute atomic E-state index is 6.11. The van der Waals surface area contributed by atoms with Crippen molar-refractivity contribution in [2.45, 2.75) is 32.2 Å². The Balaban J connectivity index is 2.13. The highest BCUT2D eigenvalue weighted by Gasteiger charge is 2.25. The molecule has 1 fully saturated rings. The van der Waals surface area contributed by atoms with Gasteiger partial charge in [0, 0.05) is 11.7 Å². The third-order valence-electron chi connectivity index (χ3n) is 2.93. The molecule has 1 aliphatic rings. The second-order valence-corrected chi connectivity index (χ2v) is 4.42. The zero-order valence-electron chi connectivity index (χ0n) is 8.66. The van der Waals surface area contributed by atoms with Crippen LogP contribution in [-0.2, 0) is 0 Å². The molecule has 0 spiro atoms. The maximum Gasteiger partial charge on any atom is 0.0365 e.